The zero-order chi connectivity index (χ0) is 25.5. The molecule has 4 heteroatoms. The van der Waals surface area contributed by atoms with Crippen molar-refractivity contribution in [2.75, 3.05) is 0 Å². The van der Waals surface area contributed by atoms with Gasteiger partial charge in [0.05, 0.1) is 11.3 Å². The van der Waals surface area contributed by atoms with E-state index in [-0.39, 0.29) is 50.9 Å². The maximum absolute atomic E-state index is 11.7. The number of allylic oxidation sites excluding steroid dienone is 2. The number of nitrogens with zero attached hydrogens (tertiary/aromatic N) is 1. The van der Waals surface area contributed by atoms with Crippen molar-refractivity contribution in [1.82, 2.24) is 4.98 Å². The monoisotopic (exact) mass is 679 g/mol. The normalized spacial score (nSPS) is 12.2. The molecule has 0 bridgehead atoms. The second-order valence-electron chi connectivity index (χ2n) is 9.73. The quantitative estimate of drug-likeness (QED) is 0.147. The average Bonchev–Trinajstić information content (AvgIpc) is 3.25. The molecule has 3 aromatic rings. The Morgan fingerprint density at radius 3 is 2.19 bits per heavy atom. The van der Waals surface area contributed by atoms with Crippen LogP contribution in [0.5, 0.6) is 0 Å². The number of benzene rings is 2. The summed E-state index contributed by atoms with van der Waals surface area (Å²) >= 11 is 0. The first kappa shape index (κ1) is 32.7. The van der Waals surface area contributed by atoms with Crippen molar-refractivity contribution in [1.29, 1.82) is 0 Å². The van der Waals surface area contributed by atoms with Crippen LogP contribution in [0.25, 0.3) is 22.2 Å². The summed E-state index contributed by atoms with van der Waals surface area (Å²) in [5, 5.41) is 11.1. The van der Waals surface area contributed by atoms with Crippen molar-refractivity contribution in [2.24, 2.45) is 11.8 Å². The predicted octanol–water partition coefficient (Wildman–Crippen LogP) is 8.92. The number of aryl methyl sites for hydroxylation is 4. The van der Waals surface area contributed by atoms with Crippen LogP contribution < -0.4 is 0 Å². The number of carbonyl (C=O) groups is 1. The van der Waals surface area contributed by atoms with E-state index in [1.807, 2.05) is 27.7 Å². The van der Waals surface area contributed by atoms with Crippen LogP contribution in [-0.2, 0) is 37.7 Å². The van der Waals surface area contributed by atoms with E-state index in [1.165, 1.54) is 33.7 Å². The van der Waals surface area contributed by atoms with Gasteiger partial charge in [0, 0.05) is 43.4 Å². The molecule has 1 N–H and O–H groups in total. The van der Waals surface area contributed by atoms with Crippen LogP contribution in [0.15, 0.2) is 48.2 Å². The van der Waals surface area contributed by atoms with E-state index in [0.29, 0.717) is 0 Å². The zero-order valence-electron chi connectivity index (χ0n) is 22.6. The number of aliphatic hydroxyl groups excluding tert-OH is 1. The number of hydrogen-bond acceptors (Lipinski definition) is 3. The van der Waals surface area contributed by atoms with Gasteiger partial charge >= 0.3 is 0 Å². The molecule has 4 rings (SSSR count). The Kier molecular flexibility index (Phi) is 13.4. The minimum Gasteiger partial charge on any atom is -0.512 e. The van der Waals surface area contributed by atoms with Crippen LogP contribution >= 0.6 is 0 Å². The molecule has 1 aliphatic carbocycles. The molecule has 0 spiro atoms. The Labute approximate surface area is 238 Å². The maximum atomic E-state index is 11.7. The molecule has 1 heterocycles. The summed E-state index contributed by atoms with van der Waals surface area (Å²) < 4.78 is 0. The first-order valence-electron chi connectivity index (χ1n) is 13.2. The third kappa shape index (κ3) is 8.09. The van der Waals surface area contributed by atoms with Gasteiger partial charge in [-0.15, -0.1) is 34.9 Å². The summed E-state index contributed by atoms with van der Waals surface area (Å²) in [5.41, 5.74) is 8.61. The fourth-order valence-electron chi connectivity index (χ4n) is 5.08. The molecule has 37 heavy (non-hydrogen) atoms. The summed E-state index contributed by atoms with van der Waals surface area (Å²) in [6, 6.07) is 16.5. The molecule has 203 valence electrons. The van der Waals surface area contributed by atoms with E-state index in [4.69, 9.17) is 4.98 Å². The molecule has 1 aliphatic rings. The van der Waals surface area contributed by atoms with Crippen molar-refractivity contribution >= 4 is 16.7 Å². The van der Waals surface area contributed by atoms with E-state index in [9.17, 15) is 9.90 Å². The summed E-state index contributed by atoms with van der Waals surface area (Å²) in [7, 11) is 0. The summed E-state index contributed by atoms with van der Waals surface area (Å²) in [5.74, 6) is 0.547. The molecular weight excluding hydrogens is 635 g/mol. The number of aliphatic hydroxyl groups is 1. The SMILES string of the molecule is C.CCC(CC)C(=O)C=C(O)C(CC)CC.Cc1[c-]c(-c2cc3c4c(cccc4n2)CC3)cc(C)c1.[Ir]. The number of hydrogen-bond donors (Lipinski definition) is 1. The molecule has 3 nitrogen and oxygen atoms in total. The van der Waals surface area contributed by atoms with Crippen molar-refractivity contribution in [3.05, 3.63) is 76.6 Å². The first-order valence-corrected chi connectivity index (χ1v) is 13.2. The van der Waals surface area contributed by atoms with Gasteiger partial charge in [0.25, 0.3) is 0 Å². The van der Waals surface area contributed by atoms with Crippen molar-refractivity contribution in [2.45, 2.75) is 87.5 Å². The van der Waals surface area contributed by atoms with Gasteiger partial charge in [-0.3, -0.25) is 9.78 Å². The van der Waals surface area contributed by atoms with E-state index in [1.54, 1.807) is 0 Å². The molecular formula is C33H44IrNO2-. The van der Waals surface area contributed by atoms with Gasteiger partial charge in [-0.05, 0) is 61.4 Å². The number of rotatable bonds is 8. The fourth-order valence-corrected chi connectivity index (χ4v) is 5.08. The summed E-state index contributed by atoms with van der Waals surface area (Å²) in [6.07, 6.45) is 7.19. The molecule has 0 atom stereocenters. The van der Waals surface area contributed by atoms with E-state index in [2.05, 4.69) is 56.3 Å². The largest absolute Gasteiger partial charge is 0.512 e. The van der Waals surface area contributed by atoms with Gasteiger partial charge < -0.3 is 5.11 Å². The Hall–Kier alpha value is -2.29. The number of ketones is 1. The Bertz CT molecular complexity index is 1190. The minimum atomic E-state index is 0. The van der Waals surface area contributed by atoms with E-state index < -0.39 is 0 Å². The van der Waals surface area contributed by atoms with Crippen molar-refractivity contribution in [3.63, 3.8) is 0 Å². The van der Waals surface area contributed by atoms with Crippen LogP contribution in [0.4, 0.5) is 0 Å². The second-order valence-corrected chi connectivity index (χ2v) is 9.73. The molecule has 0 aliphatic heterocycles. The summed E-state index contributed by atoms with van der Waals surface area (Å²) in [6.45, 7) is 12.3. The number of pyridine rings is 1. The standard InChI is InChI=1S/C19H16N.C13H24O2.CH4.Ir/c1-12-8-13(2)10-16(9-12)18-11-15-7-6-14-4-3-5-17(20-18)19(14)15;1-5-10(6-2)12(14)9-13(15)11(7-3)8-4;;/h3-5,8-9,11H,6-7H2,1-2H3;9-11,14H,5-8H2,1-4H3;1H4;/q-1;;;. The van der Waals surface area contributed by atoms with E-state index >= 15 is 0 Å². The first-order chi connectivity index (χ1) is 16.8. The molecule has 2 aromatic carbocycles. The van der Waals surface area contributed by atoms with Gasteiger partial charge in [0.2, 0.25) is 0 Å². The predicted molar refractivity (Wildman–Crippen MR) is 153 cm³/mol. The molecule has 1 radical (unpaired) electrons. The molecule has 0 saturated heterocycles. The second kappa shape index (κ2) is 15.2. The molecule has 0 saturated carbocycles. The van der Waals surface area contributed by atoms with Gasteiger partial charge in [-0.25, -0.2) is 0 Å². The van der Waals surface area contributed by atoms with Crippen molar-refractivity contribution in [3.8, 4) is 11.3 Å². The van der Waals surface area contributed by atoms with E-state index in [0.717, 1.165) is 55.3 Å². The summed E-state index contributed by atoms with van der Waals surface area (Å²) in [4.78, 5) is 16.6. The minimum absolute atomic E-state index is 0. The Morgan fingerprint density at radius 2 is 1.59 bits per heavy atom. The van der Waals surface area contributed by atoms with Crippen LogP contribution in [0.1, 0.15) is 83.1 Å². The molecule has 0 unspecified atom stereocenters. The number of aromatic nitrogens is 1. The molecule has 0 fully saturated rings. The van der Waals surface area contributed by atoms with Crippen LogP contribution in [0.3, 0.4) is 0 Å². The number of carbonyl (C=O) groups excluding carboxylic acids is 1. The Balaban J connectivity index is 0.000000368. The fraction of sp³-hybridized carbons (Fsp3) is 0.455. The Morgan fingerprint density at radius 1 is 0.973 bits per heavy atom. The van der Waals surface area contributed by atoms with Crippen LogP contribution in [-0.4, -0.2) is 15.9 Å². The van der Waals surface area contributed by atoms with Crippen molar-refractivity contribution < 1.29 is 30.0 Å². The van der Waals surface area contributed by atoms with Gasteiger partial charge in [-0.2, -0.15) is 0 Å². The maximum Gasteiger partial charge on any atom is 0.162 e. The van der Waals surface area contributed by atoms with Crippen LogP contribution in [0.2, 0.25) is 0 Å². The third-order valence-corrected chi connectivity index (χ3v) is 7.17. The zero-order valence-corrected chi connectivity index (χ0v) is 25.0. The topological polar surface area (TPSA) is 50.2 Å². The van der Waals surface area contributed by atoms with Crippen LogP contribution in [0, 0.1) is 31.7 Å². The third-order valence-electron chi connectivity index (χ3n) is 7.17. The molecule has 1 aromatic heterocycles. The smallest absolute Gasteiger partial charge is 0.162 e. The van der Waals surface area contributed by atoms with Gasteiger partial charge in [-0.1, -0.05) is 67.2 Å². The van der Waals surface area contributed by atoms with Gasteiger partial charge in [0.1, 0.15) is 0 Å². The van der Waals surface area contributed by atoms with Gasteiger partial charge in [0.15, 0.2) is 5.78 Å². The average molecular weight is 679 g/mol. The molecule has 0 amide bonds.